The standard InChI is InChI=1S/C40H40N4O5S2/c1-3-49-40(48)35-31-19-9-4-5-10-21-34(31)51-39(35)44-36(45)25(2)50-29-17-13-16-28(23-29)42-38(47)33(43-37(46)26-14-7-6-8-15-26)22-27-24-41-32-20-12-11-18-30(27)32/h6-8,11-18,20,22-25,41H,3-5,9-10,19,21H2,1-2H3,(H,42,47)(H,43,46)(H,44,45)/b33-22-. The number of aryl methyl sites for hydroxylation is 1. The van der Waals surface area contributed by atoms with Crippen LogP contribution in [0.5, 0.6) is 0 Å². The summed E-state index contributed by atoms with van der Waals surface area (Å²) in [6.45, 7) is 3.85. The first-order chi connectivity index (χ1) is 24.8. The summed E-state index contributed by atoms with van der Waals surface area (Å²) in [5, 5.41) is 9.68. The molecule has 4 N–H and O–H groups in total. The number of anilines is 2. The third-order valence-electron chi connectivity index (χ3n) is 8.61. The molecular weight excluding hydrogens is 681 g/mol. The molecule has 262 valence electrons. The number of hydrogen-bond donors (Lipinski definition) is 4. The molecule has 5 aromatic rings. The third kappa shape index (κ3) is 8.79. The summed E-state index contributed by atoms with van der Waals surface area (Å²) in [4.78, 5) is 58.6. The number of esters is 1. The van der Waals surface area contributed by atoms with Crippen LogP contribution in [0.15, 0.2) is 95.7 Å². The van der Waals surface area contributed by atoms with Crippen molar-refractivity contribution < 1.29 is 23.9 Å². The molecule has 1 unspecified atom stereocenters. The Bertz CT molecular complexity index is 2080. The molecule has 1 atom stereocenters. The van der Waals surface area contributed by atoms with Gasteiger partial charge >= 0.3 is 5.97 Å². The van der Waals surface area contributed by atoms with E-state index in [4.69, 9.17) is 4.74 Å². The van der Waals surface area contributed by atoms with E-state index in [1.807, 2.05) is 36.4 Å². The SMILES string of the molecule is CCOC(=O)c1c(NC(=O)C(C)Sc2cccc(NC(=O)/C(=C/c3c[nH]c4ccccc34)NC(=O)c3ccccc3)c2)sc2c1CCCCCC2. The maximum absolute atomic E-state index is 13.7. The highest BCUT2D eigenvalue weighted by molar-refractivity contribution is 8.00. The van der Waals surface area contributed by atoms with Crippen LogP contribution in [0.25, 0.3) is 17.0 Å². The lowest BCUT2D eigenvalue weighted by Gasteiger charge is -2.14. The normalized spacial score (nSPS) is 13.7. The molecule has 9 nitrogen and oxygen atoms in total. The largest absolute Gasteiger partial charge is 0.462 e. The molecular formula is C40H40N4O5S2. The number of carbonyl (C=O) groups excluding carboxylic acids is 4. The fraction of sp³-hybridized carbons (Fsp3) is 0.250. The molecule has 0 saturated heterocycles. The van der Waals surface area contributed by atoms with Crippen molar-refractivity contribution >= 4 is 74.5 Å². The topological polar surface area (TPSA) is 129 Å². The molecule has 0 fully saturated rings. The number of thioether (sulfide) groups is 1. The van der Waals surface area contributed by atoms with Crippen LogP contribution in [-0.2, 0) is 27.2 Å². The van der Waals surface area contributed by atoms with Crippen molar-refractivity contribution in [3.05, 3.63) is 118 Å². The summed E-state index contributed by atoms with van der Waals surface area (Å²) >= 11 is 2.82. The maximum atomic E-state index is 13.7. The smallest absolute Gasteiger partial charge is 0.341 e. The average Bonchev–Trinajstić information content (AvgIpc) is 3.68. The van der Waals surface area contributed by atoms with E-state index < -0.39 is 23.0 Å². The summed E-state index contributed by atoms with van der Waals surface area (Å²) in [5.41, 5.74) is 4.14. The first kappa shape index (κ1) is 35.7. The average molecular weight is 721 g/mol. The van der Waals surface area contributed by atoms with Crippen molar-refractivity contribution in [2.45, 2.75) is 62.5 Å². The first-order valence-electron chi connectivity index (χ1n) is 17.2. The van der Waals surface area contributed by atoms with Crippen LogP contribution in [0.3, 0.4) is 0 Å². The van der Waals surface area contributed by atoms with Crippen molar-refractivity contribution in [3.8, 4) is 0 Å². The number of nitrogens with one attached hydrogen (secondary N) is 4. The maximum Gasteiger partial charge on any atom is 0.341 e. The van der Waals surface area contributed by atoms with Gasteiger partial charge in [0, 0.05) is 43.7 Å². The Kier molecular flexibility index (Phi) is 11.7. The van der Waals surface area contributed by atoms with E-state index in [9.17, 15) is 19.2 Å². The van der Waals surface area contributed by atoms with Crippen molar-refractivity contribution in [1.82, 2.24) is 10.3 Å². The Morgan fingerprint density at radius 2 is 1.69 bits per heavy atom. The lowest BCUT2D eigenvalue weighted by Crippen LogP contribution is -2.30. The predicted molar refractivity (Wildman–Crippen MR) is 205 cm³/mol. The van der Waals surface area contributed by atoms with Crippen LogP contribution in [-0.4, -0.2) is 40.5 Å². The minimum absolute atomic E-state index is 0.0712. The summed E-state index contributed by atoms with van der Waals surface area (Å²) in [7, 11) is 0. The number of benzene rings is 3. The van der Waals surface area contributed by atoms with E-state index in [1.54, 1.807) is 68.6 Å². The molecule has 0 radical (unpaired) electrons. The van der Waals surface area contributed by atoms with Gasteiger partial charge in [-0.25, -0.2) is 4.79 Å². The number of amides is 3. The molecule has 0 saturated carbocycles. The molecule has 11 heteroatoms. The monoisotopic (exact) mass is 720 g/mol. The number of fused-ring (bicyclic) bond motifs is 2. The number of hydrogen-bond acceptors (Lipinski definition) is 7. The van der Waals surface area contributed by atoms with Gasteiger partial charge in [0.15, 0.2) is 0 Å². The lowest BCUT2D eigenvalue weighted by atomic mass is 9.96. The van der Waals surface area contributed by atoms with Gasteiger partial charge in [-0.3, -0.25) is 14.4 Å². The highest BCUT2D eigenvalue weighted by Gasteiger charge is 2.27. The molecule has 6 rings (SSSR count). The second-order valence-corrected chi connectivity index (χ2v) is 14.8. The van der Waals surface area contributed by atoms with E-state index in [0.717, 1.165) is 70.3 Å². The van der Waals surface area contributed by atoms with Gasteiger partial charge in [-0.15, -0.1) is 23.1 Å². The molecule has 1 aliphatic rings. The highest BCUT2D eigenvalue weighted by Crippen LogP contribution is 2.38. The molecule has 1 aliphatic carbocycles. The lowest BCUT2D eigenvalue weighted by molar-refractivity contribution is -0.115. The molecule has 0 aliphatic heterocycles. The fourth-order valence-corrected chi connectivity index (χ4v) is 8.26. The number of aromatic nitrogens is 1. The van der Waals surface area contributed by atoms with Crippen LogP contribution >= 0.6 is 23.1 Å². The Hall–Kier alpha value is -5.13. The predicted octanol–water partition coefficient (Wildman–Crippen LogP) is 8.59. The first-order valence-corrected chi connectivity index (χ1v) is 18.8. The van der Waals surface area contributed by atoms with Crippen molar-refractivity contribution in [1.29, 1.82) is 0 Å². The summed E-state index contributed by atoms with van der Waals surface area (Å²) in [6, 6.07) is 23.6. The van der Waals surface area contributed by atoms with Gasteiger partial charge in [0.05, 0.1) is 17.4 Å². The number of rotatable bonds is 11. The molecule has 2 heterocycles. The third-order valence-corrected chi connectivity index (χ3v) is 10.9. The molecule has 51 heavy (non-hydrogen) atoms. The van der Waals surface area contributed by atoms with E-state index in [0.29, 0.717) is 21.8 Å². The highest BCUT2D eigenvalue weighted by atomic mass is 32.2. The molecule has 3 amide bonds. The second kappa shape index (κ2) is 16.7. The summed E-state index contributed by atoms with van der Waals surface area (Å²) in [6.07, 6.45) is 9.47. The number of ether oxygens (including phenoxy) is 1. The number of para-hydroxylation sites is 1. The van der Waals surface area contributed by atoms with Crippen LogP contribution in [0.1, 0.15) is 76.3 Å². The Balaban J connectivity index is 1.18. The van der Waals surface area contributed by atoms with E-state index in [2.05, 4.69) is 20.9 Å². The minimum Gasteiger partial charge on any atom is -0.462 e. The van der Waals surface area contributed by atoms with Gasteiger partial charge in [-0.05, 0) is 87.6 Å². The van der Waals surface area contributed by atoms with Gasteiger partial charge in [0.25, 0.3) is 11.8 Å². The van der Waals surface area contributed by atoms with E-state index in [1.165, 1.54) is 23.1 Å². The van der Waals surface area contributed by atoms with Crippen LogP contribution in [0, 0.1) is 0 Å². The fourth-order valence-electron chi connectivity index (χ4n) is 6.05. The van der Waals surface area contributed by atoms with Gasteiger partial charge in [-0.1, -0.05) is 55.3 Å². The summed E-state index contributed by atoms with van der Waals surface area (Å²) in [5.74, 6) is -1.54. The van der Waals surface area contributed by atoms with Gasteiger partial charge in [0.1, 0.15) is 10.7 Å². The van der Waals surface area contributed by atoms with Gasteiger partial charge in [0.2, 0.25) is 5.91 Å². The zero-order chi connectivity index (χ0) is 35.7. The zero-order valence-electron chi connectivity index (χ0n) is 28.5. The van der Waals surface area contributed by atoms with Crippen LogP contribution < -0.4 is 16.0 Å². The Morgan fingerprint density at radius 1 is 0.922 bits per heavy atom. The van der Waals surface area contributed by atoms with Gasteiger partial charge < -0.3 is 25.7 Å². The molecule has 0 bridgehead atoms. The van der Waals surface area contributed by atoms with Crippen molar-refractivity contribution in [2.75, 3.05) is 17.2 Å². The number of aromatic amines is 1. The van der Waals surface area contributed by atoms with Crippen LogP contribution in [0.2, 0.25) is 0 Å². The van der Waals surface area contributed by atoms with Crippen molar-refractivity contribution in [3.63, 3.8) is 0 Å². The van der Waals surface area contributed by atoms with Crippen LogP contribution in [0.4, 0.5) is 10.7 Å². The number of thiophene rings is 1. The zero-order valence-corrected chi connectivity index (χ0v) is 30.2. The Labute approximate surface area is 305 Å². The molecule has 3 aromatic carbocycles. The molecule has 2 aromatic heterocycles. The number of carbonyl (C=O) groups is 4. The van der Waals surface area contributed by atoms with Gasteiger partial charge in [-0.2, -0.15) is 0 Å². The van der Waals surface area contributed by atoms with E-state index in [-0.39, 0.29) is 18.2 Å². The minimum atomic E-state index is -0.516. The van der Waals surface area contributed by atoms with Crippen molar-refractivity contribution in [2.24, 2.45) is 0 Å². The van der Waals surface area contributed by atoms with E-state index >= 15 is 0 Å². The number of H-pyrrole nitrogens is 1. The second-order valence-electron chi connectivity index (χ2n) is 12.2. The summed E-state index contributed by atoms with van der Waals surface area (Å²) < 4.78 is 5.40. The quantitative estimate of drug-likeness (QED) is 0.0615. The molecule has 0 spiro atoms. The Morgan fingerprint density at radius 3 is 2.49 bits per heavy atom.